The largest absolute Gasteiger partial charge is 0.361 e. The maximum absolute atomic E-state index is 12.4. The zero-order valence-corrected chi connectivity index (χ0v) is 10.5. The van der Waals surface area contributed by atoms with Gasteiger partial charge in [-0.3, -0.25) is 4.90 Å². The second-order valence-electron chi connectivity index (χ2n) is 4.39. The topological polar surface area (TPSA) is 19.0 Å². The molecule has 0 aliphatic rings. The Hall–Kier alpha value is -1.61. The lowest BCUT2D eigenvalue weighted by atomic mass is 10.1. The summed E-state index contributed by atoms with van der Waals surface area (Å²) >= 11 is 0. The molecule has 0 unspecified atom stereocenters. The number of hydrogen-bond donors (Lipinski definition) is 1. The number of para-hydroxylation sites is 1. The average Bonchev–Trinajstić information content (AvgIpc) is 2.80. The molecule has 0 saturated heterocycles. The second-order valence-corrected chi connectivity index (χ2v) is 4.39. The number of nitrogens with one attached hydrogen (secondary N) is 1. The standard InChI is InChI=1S/C15H19FN2/c1-2-9-18(11-8-16)10-7-13-12-17-15-6-4-3-5-14(13)15/h2-6,12,17H,1,7-11H2. The van der Waals surface area contributed by atoms with E-state index < -0.39 is 0 Å². The Balaban J connectivity index is 2.02. The molecule has 0 aliphatic heterocycles. The molecule has 0 aliphatic carbocycles. The normalized spacial score (nSPS) is 11.2. The number of hydrogen-bond acceptors (Lipinski definition) is 1. The van der Waals surface area contributed by atoms with Gasteiger partial charge in [0.1, 0.15) is 6.67 Å². The van der Waals surface area contributed by atoms with Gasteiger partial charge in [-0.2, -0.15) is 0 Å². The zero-order valence-electron chi connectivity index (χ0n) is 10.5. The number of aromatic amines is 1. The van der Waals surface area contributed by atoms with Crippen molar-refractivity contribution in [3.05, 3.63) is 48.7 Å². The van der Waals surface area contributed by atoms with Gasteiger partial charge in [0.2, 0.25) is 0 Å². The van der Waals surface area contributed by atoms with Crippen LogP contribution < -0.4 is 0 Å². The molecule has 0 radical (unpaired) electrons. The molecule has 0 bridgehead atoms. The van der Waals surface area contributed by atoms with E-state index in [1.165, 1.54) is 10.9 Å². The van der Waals surface area contributed by atoms with Gasteiger partial charge in [-0.1, -0.05) is 24.3 Å². The van der Waals surface area contributed by atoms with E-state index in [9.17, 15) is 4.39 Å². The van der Waals surface area contributed by atoms with Crippen molar-refractivity contribution < 1.29 is 4.39 Å². The summed E-state index contributed by atoms with van der Waals surface area (Å²) in [6.45, 7) is 5.49. The maximum Gasteiger partial charge on any atom is 0.102 e. The van der Waals surface area contributed by atoms with Crippen molar-refractivity contribution in [1.29, 1.82) is 0 Å². The minimum absolute atomic E-state index is 0.304. The van der Waals surface area contributed by atoms with Crippen LogP contribution in [0, 0.1) is 0 Å². The molecule has 1 aromatic carbocycles. The first-order valence-electron chi connectivity index (χ1n) is 6.29. The van der Waals surface area contributed by atoms with Crippen LogP contribution in [0.1, 0.15) is 5.56 Å². The fourth-order valence-electron chi connectivity index (χ4n) is 2.21. The van der Waals surface area contributed by atoms with Gasteiger partial charge in [0.05, 0.1) is 0 Å². The van der Waals surface area contributed by atoms with Gasteiger partial charge in [-0.15, -0.1) is 6.58 Å². The highest BCUT2D eigenvalue weighted by atomic mass is 19.1. The zero-order chi connectivity index (χ0) is 12.8. The average molecular weight is 246 g/mol. The van der Waals surface area contributed by atoms with E-state index in [-0.39, 0.29) is 6.67 Å². The number of alkyl halides is 1. The number of H-pyrrole nitrogens is 1. The van der Waals surface area contributed by atoms with Gasteiger partial charge in [-0.05, 0) is 18.1 Å². The van der Waals surface area contributed by atoms with Crippen LogP contribution in [-0.2, 0) is 6.42 Å². The summed E-state index contributed by atoms with van der Waals surface area (Å²) in [5.74, 6) is 0. The van der Waals surface area contributed by atoms with Gasteiger partial charge < -0.3 is 4.98 Å². The number of rotatable bonds is 7. The summed E-state index contributed by atoms with van der Waals surface area (Å²) in [5, 5.41) is 1.26. The van der Waals surface area contributed by atoms with Gasteiger partial charge in [0, 0.05) is 36.7 Å². The van der Waals surface area contributed by atoms with Crippen LogP contribution in [0.3, 0.4) is 0 Å². The smallest absolute Gasteiger partial charge is 0.102 e. The summed E-state index contributed by atoms with van der Waals surface area (Å²) in [6, 6.07) is 8.26. The molecule has 0 saturated carbocycles. The Morgan fingerprint density at radius 2 is 2.11 bits per heavy atom. The van der Waals surface area contributed by atoms with Gasteiger partial charge >= 0.3 is 0 Å². The van der Waals surface area contributed by atoms with Crippen molar-refractivity contribution in [3.8, 4) is 0 Å². The molecule has 3 heteroatoms. The number of nitrogens with zero attached hydrogens (tertiary/aromatic N) is 1. The van der Waals surface area contributed by atoms with Crippen molar-refractivity contribution in [2.24, 2.45) is 0 Å². The number of halogens is 1. The third-order valence-corrected chi connectivity index (χ3v) is 3.16. The number of aromatic nitrogens is 1. The summed E-state index contributed by atoms with van der Waals surface area (Å²) in [7, 11) is 0. The molecule has 0 spiro atoms. The van der Waals surface area contributed by atoms with Crippen LogP contribution in [0.5, 0.6) is 0 Å². The summed E-state index contributed by atoms with van der Waals surface area (Å²) < 4.78 is 12.4. The van der Waals surface area contributed by atoms with Crippen LogP contribution >= 0.6 is 0 Å². The van der Waals surface area contributed by atoms with Crippen molar-refractivity contribution in [1.82, 2.24) is 9.88 Å². The highest BCUT2D eigenvalue weighted by Crippen LogP contribution is 2.18. The van der Waals surface area contributed by atoms with Crippen molar-refractivity contribution in [3.63, 3.8) is 0 Å². The van der Waals surface area contributed by atoms with E-state index >= 15 is 0 Å². The highest BCUT2D eigenvalue weighted by molar-refractivity contribution is 5.83. The molecule has 1 heterocycles. The first kappa shape index (κ1) is 12.8. The lowest BCUT2D eigenvalue weighted by Crippen LogP contribution is -2.28. The van der Waals surface area contributed by atoms with Crippen LogP contribution in [0.25, 0.3) is 10.9 Å². The van der Waals surface area contributed by atoms with Crippen LogP contribution in [0.2, 0.25) is 0 Å². The highest BCUT2D eigenvalue weighted by Gasteiger charge is 2.06. The summed E-state index contributed by atoms with van der Waals surface area (Å²) in [4.78, 5) is 5.34. The molecule has 2 rings (SSSR count). The first-order valence-corrected chi connectivity index (χ1v) is 6.29. The molecule has 18 heavy (non-hydrogen) atoms. The molecule has 0 atom stereocenters. The van der Waals surface area contributed by atoms with Crippen molar-refractivity contribution >= 4 is 10.9 Å². The first-order chi connectivity index (χ1) is 8.85. The monoisotopic (exact) mass is 246 g/mol. The minimum atomic E-state index is -0.304. The second kappa shape index (κ2) is 6.36. The van der Waals surface area contributed by atoms with E-state index in [0.717, 1.165) is 25.0 Å². The predicted octanol–water partition coefficient (Wildman–Crippen LogP) is 3.17. The fourth-order valence-corrected chi connectivity index (χ4v) is 2.21. The molecule has 96 valence electrons. The maximum atomic E-state index is 12.4. The quantitative estimate of drug-likeness (QED) is 0.743. The molecule has 0 fully saturated rings. The summed E-state index contributed by atoms with van der Waals surface area (Å²) in [5.41, 5.74) is 2.45. The molecular weight excluding hydrogens is 227 g/mol. The molecular formula is C15H19FN2. The summed E-state index contributed by atoms with van der Waals surface area (Å²) in [6.07, 6.45) is 4.80. The Bertz CT molecular complexity index is 504. The van der Waals surface area contributed by atoms with Crippen LogP contribution in [0.15, 0.2) is 43.1 Å². The lowest BCUT2D eigenvalue weighted by Gasteiger charge is -2.18. The number of fused-ring (bicyclic) bond motifs is 1. The third kappa shape index (κ3) is 2.99. The van der Waals surface area contributed by atoms with E-state index in [2.05, 4.69) is 28.6 Å². The van der Waals surface area contributed by atoms with E-state index in [1.807, 2.05) is 24.4 Å². The minimum Gasteiger partial charge on any atom is -0.361 e. The van der Waals surface area contributed by atoms with Crippen LogP contribution in [0.4, 0.5) is 4.39 Å². The molecule has 1 aromatic heterocycles. The van der Waals surface area contributed by atoms with E-state index in [1.54, 1.807) is 0 Å². The molecule has 2 aromatic rings. The fraction of sp³-hybridized carbons (Fsp3) is 0.333. The lowest BCUT2D eigenvalue weighted by molar-refractivity contribution is 0.274. The van der Waals surface area contributed by atoms with Crippen molar-refractivity contribution in [2.45, 2.75) is 6.42 Å². The predicted molar refractivity (Wildman–Crippen MR) is 74.6 cm³/mol. The van der Waals surface area contributed by atoms with Gasteiger partial charge in [0.15, 0.2) is 0 Å². The van der Waals surface area contributed by atoms with Crippen LogP contribution in [-0.4, -0.2) is 36.2 Å². The Morgan fingerprint density at radius 1 is 1.28 bits per heavy atom. The third-order valence-electron chi connectivity index (χ3n) is 3.16. The SMILES string of the molecule is C=CCN(CCF)CCc1c[nH]c2ccccc12. The molecule has 1 N–H and O–H groups in total. The van der Waals surface area contributed by atoms with Gasteiger partial charge in [-0.25, -0.2) is 4.39 Å². The Morgan fingerprint density at radius 3 is 2.89 bits per heavy atom. The molecule has 0 amide bonds. The van der Waals surface area contributed by atoms with Gasteiger partial charge in [0.25, 0.3) is 0 Å². The van der Waals surface area contributed by atoms with E-state index in [0.29, 0.717) is 6.54 Å². The molecule has 2 nitrogen and oxygen atoms in total. The van der Waals surface area contributed by atoms with Crippen molar-refractivity contribution in [2.75, 3.05) is 26.3 Å². The Labute approximate surface area is 107 Å². The number of benzene rings is 1. The Kier molecular flexibility index (Phi) is 4.53. The van der Waals surface area contributed by atoms with E-state index in [4.69, 9.17) is 0 Å².